The van der Waals surface area contributed by atoms with E-state index in [1.54, 1.807) is 17.7 Å². The SMILES string of the molecule is CCOC(=O)Oc1ccnn1C[C@H]1CC[C@H](NC(=O)c2cc(C(F)(F)F)ccc2Cl)CC1. The minimum Gasteiger partial charge on any atom is -0.434 e. The summed E-state index contributed by atoms with van der Waals surface area (Å²) in [5, 5.41) is 6.93. The summed E-state index contributed by atoms with van der Waals surface area (Å²) >= 11 is 5.95. The topological polar surface area (TPSA) is 82.4 Å². The smallest absolute Gasteiger partial charge is 0.434 e. The number of rotatable bonds is 6. The van der Waals surface area contributed by atoms with E-state index in [1.807, 2.05) is 0 Å². The molecule has 2 aromatic rings. The van der Waals surface area contributed by atoms with Crippen molar-refractivity contribution >= 4 is 23.7 Å². The summed E-state index contributed by atoms with van der Waals surface area (Å²) < 4.78 is 50.3. The van der Waals surface area contributed by atoms with Crippen LogP contribution in [0.1, 0.15) is 48.5 Å². The van der Waals surface area contributed by atoms with Crippen LogP contribution in [0.5, 0.6) is 5.88 Å². The van der Waals surface area contributed by atoms with Gasteiger partial charge in [0.1, 0.15) is 0 Å². The highest BCUT2D eigenvalue weighted by molar-refractivity contribution is 6.33. The molecule has 1 saturated carbocycles. The number of nitrogens with one attached hydrogen (secondary N) is 1. The molecule has 32 heavy (non-hydrogen) atoms. The molecule has 0 spiro atoms. The maximum absolute atomic E-state index is 12.9. The Morgan fingerprint density at radius 3 is 2.59 bits per heavy atom. The Labute approximate surface area is 187 Å². The average molecular weight is 474 g/mol. The molecular formula is C21H23ClF3N3O4. The molecule has 0 unspecified atom stereocenters. The first-order chi connectivity index (χ1) is 15.2. The van der Waals surface area contributed by atoms with Crippen molar-refractivity contribution in [2.75, 3.05) is 6.61 Å². The van der Waals surface area contributed by atoms with Crippen molar-refractivity contribution in [2.45, 2.75) is 51.4 Å². The van der Waals surface area contributed by atoms with E-state index in [4.69, 9.17) is 21.1 Å². The van der Waals surface area contributed by atoms with Crippen molar-refractivity contribution < 1.29 is 32.2 Å². The van der Waals surface area contributed by atoms with E-state index in [2.05, 4.69) is 10.4 Å². The van der Waals surface area contributed by atoms with Gasteiger partial charge in [0, 0.05) is 18.7 Å². The second kappa shape index (κ2) is 10.2. The number of carbonyl (C=O) groups is 2. The van der Waals surface area contributed by atoms with Gasteiger partial charge in [0.25, 0.3) is 5.91 Å². The predicted molar refractivity (Wildman–Crippen MR) is 110 cm³/mol. The molecule has 1 N–H and O–H groups in total. The van der Waals surface area contributed by atoms with Crippen LogP contribution in [0.25, 0.3) is 0 Å². The Bertz CT molecular complexity index is 956. The Morgan fingerprint density at radius 1 is 1.22 bits per heavy atom. The van der Waals surface area contributed by atoms with Crippen LogP contribution in [0.2, 0.25) is 5.02 Å². The summed E-state index contributed by atoms with van der Waals surface area (Å²) in [6.07, 6.45) is -0.988. The first-order valence-corrected chi connectivity index (χ1v) is 10.6. The number of hydrogen-bond donors (Lipinski definition) is 1. The lowest BCUT2D eigenvalue weighted by Crippen LogP contribution is -2.38. The second-order valence-corrected chi connectivity index (χ2v) is 7.93. The first kappa shape index (κ1) is 23.9. The number of halogens is 4. The van der Waals surface area contributed by atoms with E-state index in [1.165, 1.54) is 6.20 Å². The lowest BCUT2D eigenvalue weighted by Gasteiger charge is -2.29. The lowest BCUT2D eigenvalue weighted by molar-refractivity contribution is -0.137. The van der Waals surface area contributed by atoms with Crippen molar-refractivity contribution in [3.63, 3.8) is 0 Å². The largest absolute Gasteiger partial charge is 0.515 e. The molecule has 0 aliphatic heterocycles. The second-order valence-electron chi connectivity index (χ2n) is 7.52. The maximum atomic E-state index is 12.9. The zero-order chi connectivity index (χ0) is 23.3. The molecule has 0 saturated heterocycles. The normalized spacial score (nSPS) is 18.8. The molecule has 174 valence electrons. The molecule has 1 aliphatic rings. The molecule has 1 amide bonds. The third-order valence-electron chi connectivity index (χ3n) is 5.28. The lowest BCUT2D eigenvalue weighted by atomic mass is 9.86. The van der Waals surface area contributed by atoms with Crippen molar-refractivity contribution in [3.8, 4) is 5.88 Å². The van der Waals surface area contributed by atoms with Crippen LogP contribution in [0.15, 0.2) is 30.5 Å². The van der Waals surface area contributed by atoms with Gasteiger partial charge in [0.15, 0.2) is 0 Å². The monoisotopic (exact) mass is 473 g/mol. The van der Waals surface area contributed by atoms with Gasteiger partial charge in [-0.3, -0.25) is 4.79 Å². The third kappa shape index (κ3) is 6.15. The van der Waals surface area contributed by atoms with Gasteiger partial charge in [0.05, 0.1) is 29.0 Å². The highest BCUT2D eigenvalue weighted by Gasteiger charge is 2.32. The fourth-order valence-corrected chi connectivity index (χ4v) is 3.85. The number of nitrogens with zero attached hydrogens (tertiary/aromatic N) is 2. The molecule has 1 aromatic heterocycles. The van der Waals surface area contributed by atoms with Gasteiger partial charge in [-0.25, -0.2) is 9.48 Å². The number of alkyl halides is 3. The summed E-state index contributed by atoms with van der Waals surface area (Å²) in [4.78, 5) is 24.0. The standard InChI is InChI=1S/C21H23ClF3N3O4/c1-2-31-20(30)32-18-9-10-26-28(18)12-13-3-6-15(7-4-13)27-19(29)16-11-14(21(23,24)25)5-8-17(16)22/h5,8-11,13,15H,2-4,6-7,12H2,1H3,(H,27,29)/t13-,15-. The highest BCUT2D eigenvalue weighted by atomic mass is 35.5. The summed E-state index contributed by atoms with van der Waals surface area (Å²) in [6.45, 7) is 2.41. The number of ether oxygens (including phenoxy) is 2. The van der Waals surface area contributed by atoms with Crippen LogP contribution in [-0.2, 0) is 17.5 Å². The molecule has 0 radical (unpaired) electrons. The number of amides is 1. The molecular weight excluding hydrogens is 451 g/mol. The van der Waals surface area contributed by atoms with E-state index < -0.39 is 23.8 Å². The van der Waals surface area contributed by atoms with Gasteiger partial charge in [-0.1, -0.05) is 11.6 Å². The zero-order valence-corrected chi connectivity index (χ0v) is 18.1. The number of hydrogen-bond acceptors (Lipinski definition) is 5. The van der Waals surface area contributed by atoms with Crippen molar-refractivity contribution in [1.82, 2.24) is 15.1 Å². The Hall–Kier alpha value is -2.75. The van der Waals surface area contributed by atoms with Gasteiger partial charge < -0.3 is 14.8 Å². The fourth-order valence-electron chi connectivity index (χ4n) is 3.65. The van der Waals surface area contributed by atoms with Crippen LogP contribution in [0, 0.1) is 5.92 Å². The Balaban J connectivity index is 1.53. The molecule has 1 aromatic carbocycles. The minimum absolute atomic E-state index is 0.0306. The highest BCUT2D eigenvalue weighted by Crippen LogP contribution is 2.32. The van der Waals surface area contributed by atoms with Gasteiger partial charge in [-0.2, -0.15) is 18.3 Å². The quantitative estimate of drug-likeness (QED) is 0.592. The van der Waals surface area contributed by atoms with Crippen molar-refractivity contribution in [2.24, 2.45) is 5.92 Å². The summed E-state index contributed by atoms with van der Waals surface area (Å²) in [5.41, 5.74) is -1.11. The molecule has 1 aliphatic carbocycles. The molecule has 0 bridgehead atoms. The van der Waals surface area contributed by atoms with Gasteiger partial charge in [0.2, 0.25) is 5.88 Å². The zero-order valence-electron chi connectivity index (χ0n) is 17.3. The minimum atomic E-state index is -4.56. The van der Waals surface area contributed by atoms with Crippen LogP contribution in [0.3, 0.4) is 0 Å². The Morgan fingerprint density at radius 2 is 1.94 bits per heavy atom. The number of benzene rings is 1. The van der Waals surface area contributed by atoms with Gasteiger partial charge >= 0.3 is 12.3 Å². The maximum Gasteiger partial charge on any atom is 0.515 e. The fraction of sp³-hybridized carbons (Fsp3) is 0.476. The molecule has 3 rings (SSSR count). The Kier molecular flexibility index (Phi) is 7.65. The predicted octanol–water partition coefficient (Wildman–Crippen LogP) is 5.08. The van der Waals surface area contributed by atoms with E-state index in [-0.39, 0.29) is 35.0 Å². The van der Waals surface area contributed by atoms with E-state index in [0.717, 1.165) is 31.0 Å². The molecule has 1 heterocycles. The number of carbonyl (C=O) groups excluding carboxylic acids is 2. The van der Waals surface area contributed by atoms with Crippen molar-refractivity contribution in [3.05, 3.63) is 46.6 Å². The van der Waals surface area contributed by atoms with Crippen LogP contribution < -0.4 is 10.1 Å². The molecule has 11 heteroatoms. The molecule has 1 fully saturated rings. The van der Waals surface area contributed by atoms with Crippen LogP contribution in [0.4, 0.5) is 18.0 Å². The summed E-state index contributed by atoms with van der Waals surface area (Å²) in [7, 11) is 0. The van der Waals surface area contributed by atoms with Crippen LogP contribution in [-0.4, -0.2) is 34.5 Å². The third-order valence-corrected chi connectivity index (χ3v) is 5.61. The summed E-state index contributed by atoms with van der Waals surface area (Å²) in [5.74, 6) is -0.0930. The first-order valence-electron chi connectivity index (χ1n) is 10.2. The van der Waals surface area contributed by atoms with Crippen molar-refractivity contribution in [1.29, 1.82) is 0 Å². The van der Waals surface area contributed by atoms with E-state index in [0.29, 0.717) is 19.4 Å². The van der Waals surface area contributed by atoms with Gasteiger partial charge in [-0.05, 0) is 56.7 Å². The van der Waals surface area contributed by atoms with E-state index in [9.17, 15) is 22.8 Å². The molecule has 0 atom stereocenters. The van der Waals surface area contributed by atoms with Gasteiger partial charge in [-0.15, -0.1) is 0 Å². The molecule has 7 nitrogen and oxygen atoms in total. The number of aromatic nitrogens is 2. The summed E-state index contributed by atoms with van der Waals surface area (Å²) in [6, 6.07) is 4.10. The van der Waals surface area contributed by atoms with E-state index >= 15 is 0 Å². The van der Waals surface area contributed by atoms with Crippen LogP contribution >= 0.6 is 11.6 Å². The average Bonchev–Trinajstić information content (AvgIpc) is 3.15.